The quantitative estimate of drug-likeness (QED) is 0.893. The molecule has 1 aliphatic heterocycles. The highest BCUT2D eigenvalue weighted by Crippen LogP contribution is 2.31. The molecule has 0 radical (unpaired) electrons. The Bertz CT molecular complexity index is 372. The Hall–Kier alpha value is -1.06. The summed E-state index contributed by atoms with van der Waals surface area (Å²) in [5.41, 5.74) is 0.893. The van der Waals surface area contributed by atoms with Crippen molar-refractivity contribution in [3.05, 3.63) is 29.8 Å². The van der Waals surface area contributed by atoms with Gasteiger partial charge in [0.2, 0.25) is 0 Å². The number of hydrogen-bond acceptors (Lipinski definition) is 3. The molecule has 100 valence electrons. The Labute approximate surface area is 109 Å². The molecule has 1 fully saturated rings. The van der Waals surface area contributed by atoms with Crippen LogP contribution in [-0.4, -0.2) is 23.9 Å². The van der Waals surface area contributed by atoms with Gasteiger partial charge in [0.25, 0.3) is 0 Å². The smallest absolute Gasteiger partial charge is 0.119 e. The van der Waals surface area contributed by atoms with Crippen LogP contribution in [0.15, 0.2) is 24.3 Å². The summed E-state index contributed by atoms with van der Waals surface area (Å²) in [4.78, 5) is 0. The van der Waals surface area contributed by atoms with Gasteiger partial charge in [0.05, 0.1) is 12.2 Å². The molecule has 1 heterocycles. The van der Waals surface area contributed by atoms with Crippen LogP contribution in [0.5, 0.6) is 5.75 Å². The highest BCUT2D eigenvalue weighted by atomic mass is 16.5. The van der Waals surface area contributed by atoms with E-state index in [1.54, 1.807) is 0 Å². The van der Waals surface area contributed by atoms with E-state index in [0.29, 0.717) is 5.92 Å². The lowest BCUT2D eigenvalue weighted by molar-refractivity contribution is -0.0178. The summed E-state index contributed by atoms with van der Waals surface area (Å²) >= 11 is 0. The first-order valence-electron chi connectivity index (χ1n) is 6.64. The Morgan fingerprint density at radius 1 is 1.28 bits per heavy atom. The van der Waals surface area contributed by atoms with E-state index in [1.165, 1.54) is 0 Å². The van der Waals surface area contributed by atoms with Gasteiger partial charge in [0, 0.05) is 6.61 Å². The first kappa shape index (κ1) is 13.4. The number of ether oxygens (including phenoxy) is 2. The third-order valence-electron chi connectivity index (χ3n) is 3.35. The highest BCUT2D eigenvalue weighted by Gasteiger charge is 2.31. The van der Waals surface area contributed by atoms with Crippen LogP contribution >= 0.6 is 0 Å². The van der Waals surface area contributed by atoms with E-state index in [4.69, 9.17) is 9.47 Å². The van der Waals surface area contributed by atoms with Crippen LogP contribution in [0.2, 0.25) is 0 Å². The van der Waals surface area contributed by atoms with E-state index < -0.39 is 6.10 Å². The molecule has 3 atom stereocenters. The Balaban J connectivity index is 2.04. The minimum Gasteiger partial charge on any atom is -0.491 e. The summed E-state index contributed by atoms with van der Waals surface area (Å²) in [6, 6.07) is 7.63. The molecule has 0 spiro atoms. The average Bonchev–Trinajstić information content (AvgIpc) is 2.75. The van der Waals surface area contributed by atoms with Crippen LogP contribution in [0.25, 0.3) is 0 Å². The molecule has 0 aliphatic carbocycles. The maximum Gasteiger partial charge on any atom is 0.119 e. The van der Waals surface area contributed by atoms with Gasteiger partial charge in [-0.25, -0.2) is 0 Å². The maximum atomic E-state index is 10.3. The molecule has 1 aromatic carbocycles. The van der Waals surface area contributed by atoms with Gasteiger partial charge >= 0.3 is 0 Å². The van der Waals surface area contributed by atoms with Gasteiger partial charge < -0.3 is 14.6 Å². The Kier molecular flexibility index (Phi) is 4.25. The number of hydrogen-bond donors (Lipinski definition) is 1. The van der Waals surface area contributed by atoms with Gasteiger partial charge in [-0.15, -0.1) is 0 Å². The van der Waals surface area contributed by atoms with Crippen LogP contribution < -0.4 is 4.74 Å². The van der Waals surface area contributed by atoms with E-state index in [9.17, 15) is 5.11 Å². The molecule has 0 amide bonds. The van der Waals surface area contributed by atoms with E-state index >= 15 is 0 Å². The molecule has 3 unspecified atom stereocenters. The monoisotopic (exact) mass is 250 g/mol. The molecule has 1 aromatic rings. The molecule has 2 rings (SSSR count). The number of benzene rings is 1. The molecular weight excluding hydrogens is 228 g/mol. The zero-order valence-electron chi connectivity index (χ0n) is 11.3. The van der Waals surface area contributed by atoms with Gasteiger partial charge in [-0.1, -0.05) is 19.1 Å². The molecular formula is C15H22O3. The minimum atomic E-state index is -0.546. The molecule has 3 nitrogen and oxygen atoms in total. The third kappa shape index (κ3) is 3.03. The topological polar surface area (TPSA) is 38.7 Å². The summed E-state index contributed by atoms with van der Waals surface area (Å²) in [6.45, 7) is 6.86. The predicted molar refractivity (Wildman–Crippen MR) is 70.7 cm³/mol. The highest BCUT2D eigenvalue weighted by molar-refractivity contribution is 5.29. The van der Waals surface area contributed by atoms with Gasteiger partial charge in [-0.05, 0) is 43.9 Å². The summed E-state index contributed by atoms with van der Waals surface area (Å²) < 4.78 is 11.2. The van der Waals surface area contributed by atoms with Gasteiger partial charge in [-0.3, -0.25) is 0 Å². The molecule has 3 heteroatoms. The van der Waals surface area contributed by atoms with Crippen LogP contribution in [0, 0.1) is 5.92 Å². The lowest BCUT2D eigenvalue weighted by Gasteiger charge is -2.22. The second kappa shape index (κ2) is 5.72. The Morgan fingerprint density at radius 3 is 2.44 bits per heavy atom. The fourth-order valence-corrected chi connectivity index (χ4v) is 2.33. The van der Waals surface area contributed by atoms with Crippen molar-refractivity contribution < 1.29 is 14.6 Å². The van der Waals surface area contributed by atoms with Crippen LogP contribution in [-0.2, 0) is 4.74 Å². The molecule has 1 saturated heterocycles. The van der Waals surface area contributed by atoms with Crippen molar-refractivity contribution in [1.29, 1.82) is 0 Å². The molecule has 1 N–H and O–H groups in total. The standard InChI is InChI=1S/C15H22O3/c1-10(2)18-13-6-4-12(5-7-13)14(16)15-11(3)8-9-17-15/h4-7,10-11,14-16H,8-9H2,1-3H3. The van der Waals surface area contributed by atoms with Gasteiger partial charge in [-0.2, -0.15) is 0 Å². The predicted octanol–water partition coefficient (Wildman–Crippen LogP) is 2.93. The summed E-state index contributed by atoms with van der Waals surface area (Å²) in [5.74, 6) is 1.24. The molecule has 1 aliphatic rings. The van der Waals surface area contributed by atoms with Crippen molar-refractivity contribution in [1.82, 2.24) is 0 Å². The SMILES string of the molecule is CC(C)Oc1ccc(C(O)C2OCCC2C)cc1. The van der Waals surface area contributed by atoms with Crippen molar-refractivity contribution in [3.8, 4) is 5.75 Å². The second-order valence-corrected chi connectivity index (χ2v) is 5.28. The largest absolute Gasteiger partial charge is 0.491 e. The molecule has 0 aromatic heterocycles. The normalized spacial score (nSPS) is 25.4. The zero-order valence-corrected chi connectivity index (χ0v) is 11.3. The summed E-state index contributed by atoms with van der Waals surface area (Å²) in [5, 5.41) is 10.3. The van der Waals surface area contributed by atoms with E-state index in [-0.39, 0.29) is 12.2 Å². The first-order chi connectivity index (χ1) is 8.58. The van der Waals surface area contributed by atoms with Crippen LogP contribution in [0.1, 0.15) is 38.9 Å². The van der Waals surface area contributed by atoms with Crippen molar-refractivity contribution in [2.75, 3.05) is 6.61 Å². The van der Waals surface area contributed by atoms with E-state index in [2.05, 4.69) is 6.92 Å². The Morgan fingerprint density at radius 2 is 1.94 bits per heavy atom. The molecule has 0 bridgehead atoms. The van der Waals surface area contributed by atoms with Crippen molar-refractivity contribution in [2.45, 2.75) is 45.5 Å². The second-order valence-electron chi connectivity index (χ2n) is 5.28. The maximum absolute atomic E-state index is 10.3. The minimum absolute atomic E-state index is 0.0816. The van der Waals surface area contributed by atoms with Crippen molar-refractivity contribution in [3.63, 3.8) is 0 Å². The summed E-state index contributed by atoms with van der Waals surface area (Å²) in [7, 11) is 0. The zero-order chi connectivity index (χ0) is 13.1. The lowest BCUT2D eigenvalue weighted by atomic mass is 9.95. The number of rotatable bonds is 4. The average molecular weight is 250 g/mol. The molecule has 0 saturated carbocycles. The fourth-order valence-electron chi connectivity index (χ4n) is 2.33. The fraction of sp³-hybridized carbons (Fsp3) is 0.600. The third-order valence-corrected chi connectivity index (χ3v) is 3.35. The van der Waals surface area contributed by atoms with E-state index in [1.807, 2.05) is 38.1 Å². The van der Waals surface area contributed by atoms with E-state index in [0.717, 1.165) is 24.3 Å². The van der Waals surface area contributed by atoms with Crippen LogP contribution in [0.3, 0.4) is 0 Å². The van der Waals surface area contributed by atoms with Crippen molar-refractivity contribution in [2.24, 2.45) is 5.92 Å². The van der Waals surface area contributed by atoms with Gasteiger partial charge in [0.1, 0.15) is 11.9 Å². The van der Waals surface area contributed by atoms with Crippen molar-refractivity contribution >= 4 is 0 Å². The first-order valence-corrected chi connectivity index (χ1v) is 6.64. The summed E-state index contributed by atoms with van der Waals surface area (Å²) in [6.07, 6.45) is 0.562. The number of aliphatic hydroxyl groups excluding tert-OH is 1. The number of aliphatic hydroxyl groups is 1. The lowest BCUT2D eigenvalue weighted by Crippen LogP contribution is -2.22. The van der Waals surface area contributed by atoms with Gasteiger partial charge in [0.15, 0.2) is 0 Å². The van der Waals surface area contributed by atoms with Crippen LogP contribution in [0.4, 0.5) is 0 Å². The molecule has 18 heavy (non-hydrogen) atoms.